The first-order valence-corrected chi connectivity index (χ1v) is 6.15. The van der Waals surface area contributed by atoms with E-state index in [9.17, 15) is 9.59 Å². The average Bonchev–Trinajstić information content (AvgIpc) is 2.34. The van der Waals surface area contributed by atoms with E-state index in [1.165, 1.54) is 0 Å². The number of benzene rings is 1. The highest BCUT2D eigenvalue weighted by molar-refractivity contribution is 5.96. The molecule has 0 bridgehead atoms. The summed E-state index contributed by atoms with van der Waals surface area (Å²) in [7, 11) is 0. The fourth-order valence-electron chi connectivity index (χ4n) is 1.61. The van der Waals surface area contributed by atoms with Crippen LogP contribution in [0, 0.1) is 6.92 Å². The minimum absolute atomic E-state index is 0.335. The Morgan fingerprint density at radius 1 is 1.28 bits per heavy atom. The van der Waals surface area contributed by atoms with Crippen molar-refractivity contribution in [3.63, 3.8) is 0 Å². The molecule has 1 aromatic rings. The predicted molar refractivity (Wildman–Crippen MR) is 69.6 cm³/mol. The van der Waals surface area contributed by atoms with E-state index >= 15 is 0 Å². The van der Waals surface area contributed by atoms with Crippen LogP contribution >= 0.6 is 0 Å². The number of aliphatic carboxylic acids is 1. The monoisotopic (exact) mass is 249 g/mol. The Hall–Kier alpha value is -1.84. The molecule has 1 atom stereocenters. The normalized spacial score (nSPS) is 11.9. The summed E-state index contributed by atoms with van der Waals surface area (Å²) < 4.78 is 0. The van der Waals surface area contributed by atoms with Crippen LogP contribution < -0.4 is 5.32 Å². The van der Waals surface area contributed by atoms with Gasteiger partial charge in [0.15, 0.2) is 0 Å². The van der Waals surface area contributed by atoms with Crippen molar-refractivity contribution in [1.82, 2.24) is 5.32 Å². The van der Waals surface area contributed by atoms with Gasteiger partial charge in [-0.15, -0.1) is 0 Å². The quantitative estimate of drug-likeness (QED) is 0.813. The van der Waals surface area contributed by atoms with Crippen molar-refractivity contribution in [3.8, 4) is 0 Å². The molecular formula is C14H19NO3. The van der Waals surface area contributed by atoms with E-state index in [-0.39, 0.29) is 5.91 Å². The van der Waals surface area contributed by atoms with Crippen LogP contribution in [0.2, 0.25) is 0 Å². The van der Waals surface area contributed by atoms with Gasteiger partial charge in [0.2, 0.25) is 0 Å². The molecule has 4 nitrogen and oxygen atoms in total. The number of carboxylic acids is 1. The van der Waals surface area contributed by atoms with E-state index in [0.717, 1.165) is 18.4 Å². The molecule has 1 aromatic carbocycles. The molecule has 98 valence electrons. The topological polar surface area (TPSA) is 66.4 Å². The van der Waals surface area contributed by atoms with Gasteiger partial charge in [-0.05, 0) is 25.5 Å². The van der Waals surface area contributed by atoms with Crippen molar-refractivity contribution in [2.24, 2.45) is 0 Å². The summed E-state index contributed by atoms with van der Waals surface area (Å²) >= 11 is 0. The van der Waals surface area contributed by atoms with Gasteiger partial charge < -0.3 is 10.4 Å². The van der Waals surface area contributed by atoms with E-state index < -0.39 is 12.0 Å². The van der Waals surface area contributed by atoms with Crippen molar-refractivity contribution in [3.05, 3.63) is 35.4 Å². The Balaban J connectivity index is 2.66. The molecule has 0 saturated heterocycles. The van der Waals surface area contributed by atoms with Crippen LogP contribution in [0.3, 0.4) is 0 Å². The minimum atomic E-state index is -0.982. The van der Waals surface area contributed by atoms with Crippen molar-refractivity contribution >= 4 is 11.9 Å². The molecule has 1 amide bonds. The Morgan fingerprint density at radius 3 is 2.39 bits per heavy atom. The average molecular weight is 249 g/mol. The number of hydrogen-bond donors (Lipinski definition) is 2. The molecular weight excluding hydrogens is 230 g/mol. The number of carboxylic acid groups (broad SMARTS) is 1. The summed E-state index contributed by atoms with van der Waals surface area (Å²) in [5.41, 5.74) is 1.55. The Labute approximate surface area is 107 Å². The second-order valence-corrected chi connectivity index (χ2v) is 4.37. The summed E-state index contributed by atoms with van der Waals surface area (Å²) in [6, 6.07) is 6.25. The van der Waals surface area contributed by atoms with Crippen molar-refractivity contribution in [1.29, 1.82) is 0 Å². The van der Waals surface area contributed by atoms with Gasteiger partial charge in [-0.25, -0.2) is 4.79 Å². The maximum Gasteiger partial charge on any atom is 0.326 e. The molecule has 0 aliphatic rings. The lowest BCUT2D eigenvalue weighted by Gasteiger charge is -2.14. The van der Waals surface area contributed by atoms with Crippen molar-refractivity contribution in [2.75, 3.05) is 0 Å². The highest BCUT2D eigenvalue weighted by atomic mass is 16.4. The fourth-order valence-corrected chi connectivity index (χ4v) is 1.61. The van der Waals surface area contributed by atoms with E-state index in [1.807, 2.05) is 26.0 Å². The zero-order chi connectivity index (χ0) is 13.5. The second kappa shape index (κ2) is 6.79. The standard InChI is InChI=1S/C14H19NO3/c1-3-4-5-12(14(17)18)15-13(16)11-8-6-10(2)7-9-11/h6-9,12H,3-5H2,1-2H3,(H,15,16)(H,17,18). The number of hydrogen-bond acceptors (Lipinski definition) is 2. The molecule has 0 aliphatic heterocycles. The van der Waals surface area contributed by atoms with Gasteiger partial charge in [-0.2, -0.15) is 0 Å². The van der Waals surface area contributed by atoms with Crippen molar-refractivity contribution < 1.29 is 14.7 Å². The molecule has 0 heterocycles. The van der Waals surface area contributed by atoms with Crippen LogP contribution in [0.5, 0.6) is 0 Å². The number of carbonyl (C=O) groups excluding carboxylic acids is 1. The summed E-state index contributed by atoms with van der Waals surface area (Å²) in [4.78, 5) is 22.9. The van der Waals surface area contributed by atoms with Gasteiger partial charge in [-0.1, -0.05) is 37.5 Å². The lowest BCUT2D eigenvalue weighted by Crippen LogP contribution is -2.40. The first kappa shape index (κ1) is 14.2. The number of unbranched alkanes of at least 4 members (excludes halogenated alkanes) is 1. The maximum atomic E-state index is 11.9. The number of rotatable bonds is 6. The minimum Gasteiger partial charge on any atom is -0.480 e. The van der Waals surface area contributed by atoms with E-state index in [4.69, 9.17) is 5.11 Å². The van der Waals surface area contributed by atoms with Gasteiger partial charge in [0, 0.05) is 5.56 Å². The Bertz CT molecular complexity index is 412. The highest BCUT2D eigenvalue weighted by Crippen LogP contribution is 2.06. The smallest absolute Gasteiger partial charge is 0.326 e. The highest BCUT2D eigenvalue weighted by Gasteiger charge is 2.19. The summed E-state index contributed by atoms with van der Waals surface area (Å²) in [5, 5.41) is 11.6. The van der Waals surface area contributed by atoms with Gasteiger partial charge in [0.25, 0.3) is 5.91 Å². The van der Waals surface area contributed by atoms with Crippen LogP contribution in [0.25, 0.3) is 0 Å². The molecule has 0 radical (unpaired) electrons. The fraction of sp³-hybridized carbons (Fsp3) is 0.429. The van der Waals surface area contributed by atoms with E-state index in [0.29, 0.717) is 12.0 Å². The molecule has 0 aliphatic carbocycles. The molecule has 0 fully saturated rings. The van der Waals surface area contributed by atoms with Gasteiger partial charge >= 0.3 is 5.97 Å². The summed E-state index contributed by atoms with van der Waals surface area (Å²) in [6.45, 7) is 3.92. The maximum absolute atomic E-state index is 11.9. The molecule has 0 spiro atoms. The third-order valence-corrected chi connectivity index (χ3v) is 2.76. The first-order valence-electron chi connectivity index (χ1n) is 6.15. The summed E-state index contributed by atoms with van der Waals surface area (Å²) in [5.74, 6) is -1.32. The number of nitrogens with one attached hydrogen (secondary N) is 1. The van der Waals surface area contributed by atoms with Crippen LogP contribution in [0.15, 0.2) is 24.3 Å². The summed E-state index contributed by atoms with van der Waals surface area (Å²) in [6.07, 6.45) is 2.15. The number of amides is 1. The van der Waals surface area contributed by atoms with Gasteiger partial charge in [-0.3, -0.25) is 4.79 Å². The Kier molecular flexibility index (Phi) is 5.36. The van der Waals surface area contributed by atoms with Gasteiger partial charge in [0.05, 0.1) is 0 Å². The van der Waals surface area contributed by atoms with Crippen molar-refractivity contribution in [2.45, 2.75) is 39.2 Å². The van der Waals surface area contributed by atoms with Crippen LogP contribution in [0.4, 0.5) is 0 Å². The van der Waals surface area contributed by atoms with E-state index in [1.54, 1.807) is 12.1 Å². The van der Waals surface area contributed by atoms with Crippen LogP contribution in [0.1, 0.15) is 42.1 Å². The molecule has 18 heavy (non-hydrogen) atoms. The molecule has 0 saturated carbocycles. The van der Waals surface area contributed by atoms with Crippen LogP contribution in [-0.2, 0) is 4.79 Å². The third kappa shape index (κ3) is 4.20. The Morgan fingerprint density at radius 2 is 1.89 bits per heavy atom. The number of aryl methyl sites for hydroxylation is 1. The second-order valence-electron chi connectivity index (χ2n) is 4.37. The molecule has 2 N–H and O–H groups in total. The zero-order valence-corrected chi connectivity index (χ0v) is 10.8. The number of carbonyl (C=O) groups is 2. The van der Waals surface area contributed by atoms with Crippen LogP contribution in [-0.4, -0.2) is 23.0 Å². The molecule has 1 rings (SSSR count). The van der Waals surface area contributed by atoms with Gasteiger partial charge in [0.1, 0.15) is 6.04 Å². The molecule has 0 aromatic heterocycles. The largest absolute Gasteiger partial charge is 0.480 e. The lowest BCUT2D eigenvalue weighted by atomic mass is 10.1. The van der Waals surface area contributed by atoms with E-state index in [2.05, 4.69) is 5.32 Å². The molecule has 4 heteroatoms. The molecule has 1 unspecified atom stereocenters. The first-order chi connectivity index (χ1) is 8.54. The zero-order valence-electron chi connectivity index (χ0n) is 10.8. The third-order valence-electron chi connectivity index (χ3n) is 2.76. The SMILES string of the molecule is CCCCC(NC(=O)c1ccc(C)cc1)C(=O)O. The predicted octanol–water partition coefficient (Wildman–Crippen LogP) is 2.37. The lowest BCUT2D eigenvalue weighted by molar-refractivity contribution is -0.139.